The molecule has 3 heteroatoms. The summed E-state index contributed by atoms with van der Waals surface area (Å²) in [5.41, 5.74) is 2.91. The smallest absolute Gasteiger partial charge is 0.254 e. The van der Waals surface area contributed by atoms with E-state index < -0.39 is 0 Å². The zero-order chi connectivity index (χ0) is 14.7. The molecule has 0 aromatic heterocycles. The Balaban J connectivity index is 2.17. The van der Waals surface area contributed by atoms with Gasteiger partial charge in [0.2, 0.25) is 0 Å². The lowest BCUT2D eigenvalue weighted by Crippen LogP contribution is -2.42. The van der Waals surface area contributed by atoms with Crippen molar-refractivity contribution in [3.63, 3.8) is 0 Å². The number of rotatable bonds is 3. The van der Waals surface area contributed by atoms with Crippen molar-refractivity contribution in [2.75, 3.05) is 19.4 Å². The van der Waals surface area contributed by atoms with E-state index in [2.05, 4.69) is 12.2 Å². The third-order valence-electron chi connectivity index (χ3n) is 4.63. The van der Waals surface area contributed by atoms with Crippen LogP contribution in [0.1, 0.15) is 48.5 Å². The zero-order valence-corrected chi connectivity index (χ0v) is 13.1. The minimum Gasteiger partial charge on any atom is -0.388 e. The van der Waals surface area contributed by atoms with Gasteiger partial charge in [-0.25, -0.2) is 0 Å². The second-order valence-electron chi connectivity index (χ2n) is 6.02. The van der Waals surface area contributed by atoms with Gasteiger partial charge in [-0.15, -0.1) is 0 Å². The summed E-state index contributed by atoms with van der Waals surface area (Å²) in [5, 5.41) is 3.11. The number of nitrogens with zero attached hydrogens (tertiary/aromatic N) is 1. The first-order valence-corrected chi connectivity index (χ1v) is 7.60. The van der Waals surface area contributed by atoms with E-state index in [1.807, 2.05) is 44.1 Å². The zero-order valence-electron chi connectivity index (χ0n) is 13.1. The van der Waals surface area contributed by atoms with Crippen molar-refractivity contribution in [2.45, 2.75) is 45.6 Å². The molecule has 1 aromatic rings. The lowest BCUT2D eigenvalue weighted by atomic mass is 9.85. The Bertz CT molecular complexity index is 484. The maximum Gasteiger partial charge on any atom is 0.254 e. The number of hydrogen-bond acceptors (Lipinski definition) is 2. The largest absolute Gasteiger partial charge is 0.388 e. The van der Waals surface area contributed by atoms with Gasteiger partial charge < -0.3 is 10.2 Å². The molecular weight excluding hydrogens is 248 g/mol. The molecule has 0 saturated heterocycles. The molecule has 0 radical (unpaired) electrons. The highest BCUT2D eigenvalue weighted by Gasteiger charge is 2.28. The molecule has 110 valence electrons. The summed E-state index contributed by atoms with van der Waals surface area (Å²) in [7, 11) is 3.85. The Kier molecular flexibility index (Phi) is 4.69. The van der Waals surface area contributed by atoms with E-state index in [1.54, 1.807) is 0 Å². The number of hydrogen-bond donors (Lipinski definition) is 1. The molecule has 0 aliphatic heterocycles. The van der Waals surface area contributed by atoms with Crippen molar-refractivity contribution < 1.29 is 4.79 Å². The van der Waals surface area contributed by atoms with Gasteiger partial charge >= 0.3 is 0 Å². The average molecular weight is 274 g/mol. The molecule has 20 heavy (non-hydrogen) atoms. The Morgan fingerprint density at radius 1 is 1.30 bits per heavy atom. The van der Waals surface area contributed by atoms with Gasteiger partial charge in [-0.05, 0) is 49.4 Å². The number of amides is 1. The van der Waals surface area contributed by atoms with Crippen LogP contribution in [0.4, 0.5) is 5.69 Å². The normalized spacial score (nSPS) is 22.4. The van der Waals surface area contributed by atoms with E-state index in [0.717, 1.165) is 23.2 Å². The molecule has 1 aliphatic rings. The third kappa shape index (κ3) is 2.97. The summed E-state index contributed by atoms with van der Waals surface area (Å²) in [5.74, 6) is 0.762. The third-order valence-corrected chi connectivity index (χ3v) is 4.63. The maximum absolute atomic E-state index is 12.7. The number of nitrogens with one attached hydrogen (secondary N) is 1. The topological polar surface area (TPSA) is 32.3 Å². The highest BCUT2D eigenvalue weighted by molar-refractivity contribution is 5.96. The van der Waals surface area contributed by atoms with Gasteiger partial charge in [0.25, 0.3) is 5.91 Å². The number of carbonyl (C=O) groups is 1. The monoisotopic (exact) mass is 274 g/mol. The highest BCUT2D eigenvalue weighted by Crippen LogP contribution is 2.28. The average Bonchev–Trinajstić information content (AvgIpc) is 2.46. The van der Waals surface area contributed by atoms with Crippen molar-refractivity contribution in [1.29, 1.82) is 0 Å². The Labute approximate surface area is 122 Å². The SMILES string of the molecule is CNc1ccc(C(=O)N(C)C2CCCCC2C)c(C)c1. The van der Waals surface area contributed by atoms with Crippen LogP contribution in [0.25, 0.3) is 0 Å². The molecule has 1 N–H and O–H groups in total. The molecule has 1 fully saturated rings. The van der Waals surface area contributed by atoms with Crippen LogP contribution < -0.4 is 5.32 Å². The molecule has 2 rings (SSSR count). The molecular formula is C17H26N2O. The minimum absolute atomic E-state index is 0.156. The second-order valence-corrected chi connectivity index (χ2v) is 6.02. The van der Waals surface area contributed by atoms with Gasteiger partial charge in [-0.1, -0.05) is 19.8 Å². The van der Waals surface area contributed by atoms with Crippen LogP contribution in [0.2, 0.25) is 0 Å². The van der Waals surface area contributed by atoms with Crippen molar-refractivity contribution in [2.24, 2.45) is 5.92 Å². The molecule has 3 nitrogen and oxygen atoms in total. The number of aryl methyl sites for hydroxylation is 1. The second kappa shape index (κ2) is 6.29. The van der Waals surface area contributed by atoms with Gasteiger partial charge in [0.05, 0.1) is 0 Å². The Morgan fingerprint density at radius 2 is 2.00 bits per heavy atom. The molecule has 1 aliphatic carbocycles. The van der Waals surface area contributed by atoms with Gasteiger partial charge in [0, 0.05) is 31.4 Å². The molecule has 0 spiro atoms. The summed E-state index contributed by atoms with van der Waals surface area (Å²) >= 11 is 0. The summed E-state index contributed by atoms with van der Waals surface area (Å²) < 4.78 is 0. The molecule has 1 saturated carbocycles. The summed E-state index contributed by atoms with van der Waals surface area (Å²) in [6.45, 7) is 4.27. The van der Waals surface area contributed by atoms with Crippen LogP contribution >= 0.6 is 0 Å². The molecule has 1 amide bonds. The Hall–Kier alpha value is -1.51. The van der Waals surface area contributed by atoms with Crippen LogP contribution in [-0.4, -0.2) is 30.9 Å². The van der Waals surface area contributed by atoms with E-state index in [-0.39, 0.29) is 5.91 Å². The van der Waals surface area contributed by atoms with Crippen LogP contribution in [-0.2, 0) is 0 Å². The van der Waals surface area contributed by atoms with E-state index >= 15 is 0 Å². The number of benzene rings is 1. The molecule has 1 aromatic carbocycles. The van der Waals surface area contributed by atoms with Crippen LogP contribution in [0, 0.1) is 12.8 Å². The van der Waals surface area contributed by atoms with Gasteiger partial charge in [-0.3, -0.25) is 4.79 Å². The first-order valence-electron chi connectivity index (χ1n) is 7.60. The highest BCUT2D eigenvalue weighted by atomic mass is 16.2. The van der Waals surface area contributed by atoms with Crippen molar-refractivity contribution in [1.82, 2.24) is 4.90 Å². The van der Waals surface area contributed by atoms with Gasteiger partial charge in [0.15, 0.2) is 0 Å². The van der Waals surface area contributed by atoms with E-state index in [9.17, 15) is 4.79 Å². The maximum atomic E-state index is 12.7. The summed E-state index contributed by atoms with van der Waals surface area (Å²) in [4.78, 5) is 14.7. The van der Waals surface area contributed by atoms with Gasteiger partial charge in [0.1, 0.15) is 0 Å². The van der Waals surface area contributed by atoms with Crippen LogP contribution in [0.3, 0.4) is 0 Å². The van der Waals surface area contributed by atoms with Crippen LogP contribution in [0.5, 0.6) is 0 Å². The van der Waals surface area contributed by atoms with Gasteiger partial charge in [-0.2, -0.15) is 0 Å². The fourth-order valence-corrected chi connectivity index (χ4v) is 3.27. The van der Waals surface area contributed by atoms with Crippen molar-refractivity contribution >= 4 is 11.6 Å². The lowest BCUT2D eigenvalue weighted by Gasteiger charge is -2.36. The first-order chi connectivity index (χ1) is 9.54. The van der Waals surface area contributed by atoms with E-state index in [1.165, 1.54) is 19.3 Å². The van der Waals surface area contributed by atoms with E-state index in [4.69, 9.17) is 0 Å². The number of anilines is 1. The van der Waals surface area contributed by atoms with Crippen LogP contribution in [0.15, 0.2) is 18.2 Å². The molecule has 2 atom stereocenters. The predicted octanol–water partition coefficient (Wildman–Crippen LogP) is 3.69. The summed E-state index contributed by atoms with van der Waals surface area (Å²) in [6, 6.07) is 6.33. The molecule has 0 bridgehead atoms. The predicted molar refractivity (Wildman–Crippen MR) is 84.2 cm³/mol. The Morgan fingerprint density at radius 3 is 2.60 bits per heavy atom. The molecule has 0 heterocycles. The minimum atomic E-state index is 0.156. The summed E-state index contributed by atoms with van der Waals surface area (Å²) in [6.07, 6.45) is 4.91. The van der Waals surface area contributed by atoms with E-state index in [0.29, 0.717) is 12.0 Å². The first kappa shape index (κ1) is 14.9. The van der Waals surface area contributed by atoms with Crippen molar-refractivity contribution in [3.8, 4) is 0 Å². The standard InChI is InChI=1S/C17H26N2O/c1-12-7-5-6-8-16(12)19(4)17(20)15-10-9-14(18-3)11-13(15)2/h9-12,16,18H,5-8H2,1-4H3. The fraction of sp³-hybridized carbons (Fsp3) is 0.588. The fourth-order valence-electron chi connectivity index (χ4n) is 3.27. The lowest BCUT2D eigenvalue weighted by molar-refractivity contribution is 0.0628. The quantitative estimate of drug-likeness (QED) is 0.911. The number of carbonyl (C=O) groups excluding carboxylic acids is 1. The van der Waals surface area contributed by atoms with Crippen molar-refractivity contribution in [3.05, 3.63) is 29.3 Å². The molecule has 2 unspecified atom stereocenters.